The van der Waals surface area contributed by atoms with Gasteiger partial charge in [-0.3, -0.25) is 0 Å². The molecule has 21 heavy (non-hydrogen) atoms. The Balaban J connectivity index is 1.68. The molecule has 2 unspecified atom stereocenters. The van der Waals surface area contributed by atoms with Crippen molar-refractivity contribution in [3.8, 4) is 0 Å². The third-order valence-electron chi connectivity index (χ3n) is 4.33. The number of hydrogen-bond donors (Lipinski definition) is 1. The van der Waals surface area contributed by atoms with Crippen LogP contribution in [0.5, 0.6) is 0 Å². The van der Waals surface area contributed by atoms with Crippen molar-refractivity contribution in [3.63, 3.8) is 0 Å². The molecule has 3 rings (SSSR count). The highest BCUT2D eigenvalue weighted by molar-refractivity contribution is 5.95. The summed E-state index contributed by atoms with van der Waals surface area (Å²) in [5.74, 6) is -0.350. The molecule has 2 atom stereocenters. The predicted octanol–water partition coefficient (Wildman–Crippen LogP) is 2.07. The van der Waals surface area contributed by atoms with Crippen LogP contribution in [0.2, 0.25) is 0 Å². The SMILES string of the molecule is Cc1cccc(C(=O)OC2CCOC3(CCOC3)C2)c1N. The van der Waals surface area contributed by atoms with Crippen molar-refractivity contribution in [2.24, 2.45) is 0 Å². The molecule has 2 aliphatic rings. The van der Waals surface area contributed by atoms with Gasteiger partial charge in [-0.05, 0) is 18.6 Å². The Kier molecular flexibility index (Phi) is 3.87. The van der Waals surface area contributed by atoms with Crippen LogP contribution in [0.15, 0.2) is 18.2 Å². The second-order valence-corrected chi connectivity index (χ2v) is 5.89. The second-order valence-electron chi connectivity index (χ2n) is 5.89. The van der Waals surface area contributed by atoms with Crippen LogP contribution >= 0.6 is 0 Å². The Morgan fingerprint density at radius 1 is 1.43 bits per heavy atom. The van der Waals surface area contributed by atoms with Gasteiger partial charge in [-0.25, -0.2) is 4.79 Å². The van der Waals surface area contributed by atoms with Crippen molar-refractivity contribution in [2.75, 3.05) is 25.6 Å². The fourth-order valence-corrected chi connectivity index (χ4v) is 3.02. The molecule has 0 saturated carbocycles. The highest BCUT2D eigenvalue weighted by atomic mass is 16.6. The fourth-order valence-electron chi connectivity index (χ4n) is 3.02. The standard InChI is InChI=1S/C16H21NO4/c1-11-3-2-4-13(14(11)17)15(18)21-12-5-7-20-16(9-12)6-8-19-10-16/h2-4,12H,5-10,17H2,1H3. The Bertz CT molecular complexity index is 537. The van der Waals surface area contributed by atoms with Gasteiger partial charge in [0, 0.05) is 31.6 Å². The van der Waals surface area contributed by atoms with E-state index in [0.717, 1.165) is 18.4 Å². The molecule has 2 aliphatic heterocycles. The maximum absolute atomic E-state index is 12.3. The van der Waals surface area contributed by atoms with Gasteiger partial charge >= 0.3 is 5.97 Å². The van der Waals surface area contributed by atoms with Gasteiger partial charge in [0.15, 0.2) is 0 Å². The largest absolute Gasteiger partial charge is 0.459 e. The first-order chi connectivity index (χ1) is 10.1. The van der Waals surface area contributed by atoms with E-state index in [4.69, 9.17) is 19.9 Å². The van der Waals surface area contributed by atoms with E-state index >= 15 is 0 Å². The van der Waals surface area contributed by atoms with Crippen LogP contribution < -0.4 is 5.73 Å². The molecule has 1 aromatic rings. The summed E-state index contributed by atoms with van der Waals surface area (Å²) >= 11 is 0. The van der Waals surface area contributed by atoms with Crippen LogP contribution in [0.1, 0.15) is 35.2 Å². The number of esters is 1. The lowest BCUT2D eigenvalue weighted by Gasteiger charge is -2.36. The van der Waals surface area contributed by atoms with Crippen molar-refractivity contribution in [1.82, 2.24) is 0 Å². The molecule has 2 N–H and O–H groups in total. The molecular weight excluding hydrogens is 270 g/mol. The lowest BCUT2D eigenvalue weighted by molar-refractivity contribution is -0.120. The smallest absolute Gasteiger partial charge is 0.340 e. The monoisotopic (exact) mass is 291 g/mol. The van der Waals surface area contributed by atoms with E-state index < -0.39 is 0 Å². The van der Waals surface area contributed by atoms with Crippen LogP contribution in [0.4, 0.5) is 5.69 Å². The van der Waals surface area contributed by atoms with Crippen molar-refractivity contribution in [2.45, 2.75) is 37.9 Å². The number of ether oxygens (including phenoxy) is 3. The zero-order valence-electron chi connectivity index (χ0n) is 12.3. The Morgan fingerprint density at radius 2 is 2.29 bits per heavy atom. The minimum atomic E-state index is -0.350. The third-order valence-corrected chi connectivity index (χ3v) is 4.33. The van der Waals surface area contributed by atoms with Gasteiger partial charge in [-0.1, -0.05) is 12.1 Å². The van der Waals surface area contributed by atoms with E-state index in [9.17, 15) is 4.79 Å². The minimum Gasteiger partial charge on any atom is -0.459 e. The highest BCUT2D eigenvalue weighted by Gasteiger charge is 2.42. The molecule has 2 fully saturated rings. The predicted molar refractivity (Wildman–Crippen MR) is 78.1 cm³/mol. The fraction of sp³-hybridized carbons (Fsp3) is 0.562. The summed E-state index contributed by atoms with van der Waals surface area (Å²) < 4.78 is 16.9. The number of carbonyl (C=O) groups excluding carboxylic acids is 1. The molecule has 0 aromatic heterocycles. The molecule has 1 spiro atoms. The van der Waals surface area contributed by atoms with E-state index in [-0.39, 0.29) is 17.7 Å². The van der Waals surface area contributed by atoms with Crippen LogP contribution in [0.25, 0.3) is 0 Å². The average Bonchev–Trinajstić information content (AvgIpc) is 2.89. The van der Waals surface area contributed by atoms with E-state index in [1.807, 2.05) is 19.1 Å². The van der Waals surface area contributed by atoms with Crippen molar-refractivity contribution >= 4 is 11.7 Å². The summed E-state index contributed by atoms with van der Waals surface area (Å²) in [5.41, 5.74) is 7.52. The normalized spacial score (nSPS) is 28.7. The van der Waals surface area contributed by atoms with Crippen LogP contribution in [0.3, 0.4) is 0 Å². The molecule has 2 saturated heterocycles. The number of hydrogen-bond acceptors (Lipinski definition) is 5. The summed E-state index contributed by atoms with van der Waals surface area (Å²) in [6.45, 7) is 3.79. The summed E-state index contributed by atoms with van der Waals surface area (Å²) in [5, 5.41) is 0. The zero-order chi connectivity index (χ0) is 14.9. The second kappa shape index (κ2) is 5.66. The number of nitrogens with two attached hydrogens (primary N) is 1. The van der Waals surface area contributed by atoms with E-state index in [2.05, 4.69) is 0 Å². The Morgan fingerprint density at radius 3 is 3.05 bits per heavy atom. The molecule has 0 radical (unpaired) electrons. The summed E-state index contributed by atoms with van der Waals surface area (Å²) in [4.78, 5) is 12.3. The van der Waals surface area contributed by atoms with Crippen molar-refractivity contribution < 1.29 is 19.0 Å². The number of anilines is 1. The first-order valence-electron chi connectivity index (χ1n) is 7.37. The zero-order valence-corrected chi connectivity index (χ0v) is 12.3. The van der Waals surface area contributed by atoms with Gasteiger partial charge in [-0.15, -0.1) is 0 Å². The third kappa shape index (κ3) is 2.89. The molecular formula is C16H21NO4. The molecule has 0 bridgehead atoms. The lowest BCUT2D eigenvalue weighted by atomic mass is 9.91. The quantitative estimate of drug-likeness (QED) is 0.667. The molecule has 114 valence electrons. The molecule has 5 heteroatoms. The summed E-state index contributed by atoms with van der Waals surface area (Å²) in [7, 11) is 0. The highest BCUT2D eigenvalue weighted by Crippen LogP contribution is 2.34. The van der Waals surface area contributed by atoms with Gasteiger partial charge in [-0.2, -0.15) is 0 Å². The minimum absolute atomic E-state index is 0.132. The number of rotatable bonds is 2. The number of carbonyl (C=O) groups is 1. The van der Waals surface area contributed by atoms with Crippen molar-refractivity contribution in [1.29, 1.82) is 0 Å². The summed E-state index contributed by atoms with van der Waals surface area (Å²) in [6, 6.07) is 5.41. The van der Waals surface area contributed by atoms with E-state index in [1.165, 1.54) is 0 Å². The first-order valence-corrected chi connectivity index (χ1v) is 7.37. The van der Waals surface area contributed by atoms with Gasteiger partial charge < -0.3 is 19.9 Å². The topological polar surface area (TPSA) is 70.8 Å². The number of nitrogen functional groups attached to an aromatic ring is 1. The van der Waals surface area contributed by atoms with Gasteiger partial charge in [0.2, 0.25) is 0 Å². The van der Waals surface area contributed by atoms with Gasteiger partial charge in [0.25, 0.3) is 0 Å². The average molecular weight is 291 g/mol. The first kappa shape index (κ1) is 14.4. The number of benzene rings is 1. The molecule has 2 heterocycles. The molecule has 1 aromatic carbocycles. The van der Waals surface area contributed by atoms with Gasteiger partial charge in [0.05, 0.1) is 24.4 Å². The molecule has 0 aliphatic carbocycles. The Hall–Kier alpha value is -1.59. The van der Waals surface area contributed by atoms with E-state index in [0.29, 0.717) is 37.5 Å². The van der Waals surface area contributed by atoms with Crippen LogP contribution in [0, 0.1) is 6.92 Å². The maximum Gasteiger partial charge on any atom is 0.340 e. The Labute approximate surface area is 124 Å². The molecule has 0 amide bonds. The van der Waals surface area contributed by atoms with Gasteiger partial charge in [0.1, 0.15) is 6.10 Å². The summed E-state index contributed by atoms with van der Waals surface area (Å²) in [6.07, 6.45) is 2.16. The number of para-hydroxylation sites is 1. The number of aryl methyl sites for hydroxylation is 1. The van der Waals surface area contributed by atoms with Crippen molar-refractivity contribution in [3.05, 3.63) is 29.3 Å². The van der Waals surface area contributed by atoms with Crippen LogP contribution in [-0.2, 0) is 14.2 Å². The molecule has 5 nitrogen and oxygen atoms in total. The van der Waals surface area contributed by atoms with E-state index in [1.54, 1.807) is 6.07 Å². The van der Waals surface area contributed by atoms with Crippen LogP contribution in [-0.4, -0.2) is 37.5 Å². The lowest BCUT2D eigenvalue weighted by Crippen LogP contribution is -2.43. The maximum atomic E-state index is 12.3.